The zero-order valence-corrected chi connectivity index (χ0v) is 16.7. The molecule has 1 atom stereocenters. The zero-order valence-electron chi connectivity index (χ0n) is 16.7. The lowest BCUT2D eigenvalue weighted by atomic mass is 9.89. The fourth-order valence-electron chi connectivity index (χ4n) is 3.71. The zero-order chi connectivity index (χ0) is 19.8. The second-order valence-electron chi connectivity index (χ2n) is 8.14. The van der Waals surface area contributed by atoms with E-state index in [-0.39, 0.29) is 24.3 Å². The molecule has 0 spiro atoms. The average Bonchev–Trinajstić information content (AvgIpc) is 3.26. The van der Waals surface area contributed by atoms with Crippen LogP contribution in [0.25, 0.3) is 0 Å². The van der Waals surface area contributed by atoms with E-state index >= 15 is 0 Å². The van der Waals surface area contributed by atoms with Gasteiger partial charge in [-0.05, 0) is 31.7 Å². The Labute approximate surface area is 160 Å². The van der Waals surface area contributed by atoms with Crippen molar-refractivity contribution in [1.82, 2.24) is 15.2 Å². The van der Waals surface area contributed by atoms with Gasteiger partial charge in [-0.25, -0.2) is 4.98 Å². The summed E-state index contributed by atoms with van der Waals surface area (Å²) < 4.78 is 5.41. The highest BCUT2D eigenvalue weighted by Gasteiger charge is 2.36. The molecule has 148 valence electrons. The van der Waals surface area contributed by atoms with Crippen LogP contribution in [0, 0.1) is 5.92 Å². The molecule has 1 fully saturated rings. The van der Waals surface area contributed by atoms with Crippen molar-refractivity contribution >= 4 is 11.8 Å². The van der Waals surface area contributed by atoms with Crippen molar-refractivity contribution in [2.75, 3.05) is 7.11 Å². The third kappa shape index (κ3) is 3.65. The first kappa shape index (κ1) is 19.6. The number of carbonyl (C=O) groups is 2. The minimum atomic E-state index is -0.966. The van der Waals surface area contributed by atoms with Crippen molar-refractivity contribution in [1.29, 1.82) is 0 Å². The Morgan fingerprint density at radius 3 is 2.70 bits per heavy atom. The number of nitrogens with one attached hydrogen (secondary N) is 1. The molecule has 1 aliphatic carbocycles. The minimum Gasteiger partial charge on any atom is -0.481 e. The Kier molecular flexibility index (Phi) is 5.42. The lowest BCUT2D eigenvalue weighted by Gasteiger charge is -2.27. The summed E-state index contributed by atoms with van der Waals surface area (Å²) in [6.45, 7) is 6.30. The Balaban J connectivity index is 1.78. The molecule has 1 unspecified atom stereocenters. The summed E-state index contributed by atoms with van der Waals surface area (Å²) >= 11 is 0. The van der Waals surface area contributed by atoms with E-state index in [1.54, 1.807) is 14.0 Å². The molecule has 2 heterocycles. The van der Waals surface area contributed by atoms with E-state index in [1.807, 2.05) is 24.8 Å². The molecule has 2 amide bonds. The number of ether oxygens (including phenoxy) is 1. The smallest absolute Gasteiger partial charge is 0.256 e. The highest BCUT2D eigenvalue weighted by atomic mass is 16.5. The van der Waals surface area contributed by atoms with Crippen LogP contribution in [0.1, 0.15) is 68.1 Å². The van der Waals surface area contributed by atoms with Crippen LogP contribution in [0.2, 0.25) is 0 Å². The maximum atomic E-state index is 12.9. The molecule has 7 heteroatoms. The van der Waals surface area contributed by atoms with Crippen molar-refractivity contribution in [3.63, 3.8) is 0 Å². The Hall–Kier alpha value is -2.15. The Morgan fingerprint density at radius 2 is 2.11 bits per heavy atom. The number of rotatable bonds is 6. The van der Waals surface area contributed by atoms with Gasteiger partial charge in [0.2, 0.25) is 11.8 Å². The van der Waals surface area contributed by atoms with Gasteiger partial charge >= 0.3 is 0 Å². The molecule has 1 aromatic heterocycles. The molecular formula is C20H30N4O3. The quantitative estimate of drug-likeness (QED) is 0.793. The van der Waals surface area contributed by atoms with E-state index in [0.29, 0.717) is 29.6 Å². The maximum Gasteiger partial charge on any atom is 0.256 e. The number of nitrogens with two attached hydrogens (primary N) is 1. The van der Waals surface area contributed by atoms with Gasteiger partial charge in [0.15, 0.2) is 0 Å². The van der Waals surface area contributed by atoms with E-state index in [1.165, 1.54) is 12.8 Å². The third-order valence-corrected chi connectivity index (χ3v) is 6.04. The first-order chi connectivity index (χ1) is 12.8. The lowest BCUT2D eigenvalue weighted by Crippen LogP contribution is -2.55. The second kappa shape index (κ2) is 7.46. The third-order valence-electron chi connectivity index (χ3n) is 6.04. The normalized spacial score (nSPS) is 19.3. The summed E-state index contributed by atoms with van der Waals surface area (Å²) in [4.78, 5) is 31.8. The molecule has 0 radical (unpaired) electrons. The summed E-state index contributed by atoms with van der Waals surface area (Å²) in [5.41, 5.74) is 7.21. The molecule has 1 saturated carbocycles. The predicted octanol–water partition coefficient (Wildman–Crippen LogP) is 1.98. The van der Waals surface area contributed by atoms with Gasteiger partial charge in [-0.1, -0.05) is 26.7 Å². The fourth-order valence-corrected chi connectivity index (χ4v) is 3.71. The predicted molar refractivity (Wildman–Crippen MR) is 102 cm³/mol. The summed E-state index contributed by atoms with van der Waals surface area (Å²) in [6, 6.07) is 2.12. The highest BCUT2D eigenvalue weighted by molar-refractivity contribution is 5.98. The topological polar surface area (TPSA) is 97.5 Å². The van der Waals surface area contributed by atoms with Gasteiger partial charge in [0.25, 0.3) is 5.91 Å². The van der Waals surface area contributed by atoms with Gasteiger partial charge in [0.1, 0.15) is 0 Å². The molecule has 0 aromatic carbocycles. The van der Waals surface area contributed by atoms with Crippen molar-refractivity contribution in [2.45, 2.75) is 71.1 Å². The largest absolute Gasteiger partial charge is 0.481 e. The number of aromatic nitrogens is 1. The standard InChI is InChI=1S/C20H30N4O3/c1-12(2)20(3,21)19(26)22-10-13-9-15-16(23-17(13)27-4)11-24(18(15)25)14-7-5-6-8-14/h9,12,14H,5-8,10-11,21H2,1-4H3,(H,22,26). The molecule has 1 aromatic rings. The monoisotopic (exact) mass is 374 g/mol. The van der Waals surface area contributed by atoms with Crippen molar-refractivity contribution < 1.29 is 14.3 Å². The molecular weight excluding hydrogens is 344 g/mol. The van der Waals surface area contributed by atoms with Crippen LogP contribution in [0.4, 0.5) is 0 Å². The van der Waals surface area contributed by atoms with Gasteiger partial charge in [0.05, 0.1) is 30.5 Å². The maximum absolute atomic E-state index is 12.9. The number of hydrogen-bond donors (Lipinski definition) is 2. The molecule has 0 saturated heterocycles. The van der Waals surface area contributed by atoms with Crippen molar-refractivity contribution in [3.05, 3.63) is 22.9 Å². The summed E-state index contributed by atoms with van der Waals surface area (Å²) in [5, 5.41) is 2.86. The molecule has 0 bridgehead atoms. The van der Waals surface area contributed by atoms with E-state index in [4.69, 9.17) is 10.5 Å². The van der Waals surface area contributed by atoms with Crippen LogP contribution in [-0.4, -0.2) is 40.4 Å². The number of carbonyl (C=O) groups excluding carboxylic acids is 2. The Morgan fingerprint density at radius 1 is 1.44 bits per heavy atom. The van der Waals surface area contributed by atoms with Crippen LogP contribution >= 0.6 is 0 Å². The van der Waals surface area contributed by atoms with Gasteiger partial charge in [0, 0.05) is 18.2 Å². The van der Waals surface area contributed by atoms with Crippen molar-refractivity contribution in [3.8, 4) is 5.88 Å². The first-order valence-electron chi connectivity index (χ1n) is 9.70. The molecule has 3 rings (SSSR count). The number of methoxy groups -OCH3 is 1. The molecule has 3 N–H and O–H groups in total. The van der Waals surface area contributed by atoms with E-state index < -0.39 is 5.54 Å². The molecule has 1 aliphatic heterocycles. The fraction of sp³-hybridized carbons (Fsp3) is 0.650. The van der Waals surface area contributed by atoms with Gasteiger partial charge in [-0.15, -0.1) is 0 Å². The SMILES string of the molecule is COc1nc2c(cc1CNC(=O)C(C)(N)C(C)C)C(=O)N(C1CCCC1)C2. The van der Waals surface area contributed by atoms with Gasteiger partial charge < -0.3 is 20.7 Å². The van der Waals surface area contributed by atoms with Gasteiger partial charge in [-0.3, -0.25) is 9.59 Å². The van der Waals surface area contributed by atoms with Crippen LogP contribution in [0.15, 0.2) is 6.07 Å². The van der Waals surface area contributed by atoms with E-state index in [9.17, 15) is 9.59 Å². The molecule has 2 aliphatic rings. The summed E-state index contributed by atoms with van der Waals surface area (Å²) in [5.74, 6) is 0.238. The summed E-state index contributed by atoms with van der Waals surface area (Å²) in [7, 11) is 1.55. The van der Waals surface area contributed by atoms with Crippen LogP contribution in [0.3, 0.4) is 0 Å². The van der Waals surface area contributed by atoms with Crippen LogP contribution in [0.5, 0.6) is 5.88 Å². The first-order valence-corrected chi connectivity index (χ1v) is 9.70. The number of nitrogens with zero attached hydrogens (tertiary/aromatic N) is 2. The van der Waals surface area contributed by atoms with E-state index in [2.05, 4.69) is 10.3 Å². The summed E-state index contributed by atoms with van der Waals surface area (Å²) in [6.07, 6.45) is 4.47. The Bertz CT molecular complexity index is 739. The number of amides is 2. The van der Waals surface area contributed by atoms with Crippen LogP contribution < -0.4 is 15.8 Å². The van der Waals surface area contributed by atoms with Gasteiger partial charge in [-0.2, -0.15) is 0 Å². The lowest BCUT2D eigenvalue weighted by molar-refractivity contribution is -0.127. The average molecular weight is 374 g/mol. The molecule has 27 heavy (non-hydrogen) atoms. The number of hydrogen-bond acceptors (Lipinski definition) is 5. The highest BCUT2D eigenvalue weighted by Crippen LogP contribution is 2.33. The molecule has 7 nitrogen and oxygen atoms in total. The van der Waals surface area contributed by atoms with Crippen LogP contribution in [-0.2, 0) is 17.9 Å². The van der Waals surface area contributed by atoms with Crippen molar-refractivity contribution in [2.24, 2.45) is 11.7 Å². The second-order valence-corrected chi connectivity index (χ2v) is 8.14. The number of fused-ring (bicyclic) bond motifs is 1. The van der Waals surface area contributed by atoms with E-state index in [0.717, 1.165) is 18.5 Å². The minimum absolute atomic E-state index is 0.000844. The number of pyridine rings is 1.